The average Bonchev–Trinajstić information content (AvgIpc) is 3.44. The van der Waals surface area contributed by atoms with E-state index in [0.29, 0.717) is 23.2 Å². The Labute approximate surface area is 196 Å². The summed E-state index contributed by atoms with van der Waals surface area (Å²) in [4.78, 5) is 13.6. The minimum absolute atomic E-state index is 0.00672. The van der Waals surface area contributed by atoms with Crippen molar-refractivity contribution in [1.29, 1.82) is 0 Å². The summed E-state index contributed by atoms with van der Waals surface area (Å²) in [6.45, 7) is 0. The zero-order chi connectivity index (χ0) is 21.6. The lowest BCUT2D eigenvalue weighted by molar-refractivity contribution is -0.115. The summed E-state index contributed by atoms with van der Waals surface area (Å²) in [6.07, 6.45) is 7.09. The summed E-state index contributed by atoms with van der Waals surface area (Å²) >= 11 is 9.66. The van der Waals surface area contributed by atoms with E-state index in [1.807, 2.05) is 54.8 Å². The molecule has 2 aromatic carbocycles. The second kappa shape index (κ2) is 10.6. The Morgan fingerprint density at radius 1 is 1.13 bits per heavy atom. The van der Waals surface area contributed by atoms with Gasteiger partial charge in [0.2, 0.25) is 5.91 Å². The minimum atomic E-state index is 0.00672. The molecular weight excluding hydrogens is 448 g/mol. The van der Waals surface area contributed by atoms with E-state index in [4.69, 9.17) is 11.6 Å². The number of para-hydroxylation sites is 1. The number of rotatable bonds is 8. The van der Waals surface area contributed by atoms with Crippen molar-refractivity contribution in [3.8, 4) is 11.4 Å². The van der Waals surface area contributed by atoms with Gasteiger partial charge in [-0.05, 0) is 43.4 Å². The first kappa shape index (κ1) is 22.2. The first-order chi connectivity index (χ1) is 15.2. The van der Waals surface area contributed by atoms with Gasteiger partial charge in [-0.15, -0.1) is 22.0 Å². The zero-order valence-corrected chi connectivity index (χ0v) is 19.8. The van der Waals surface area contributed by atoms with Gasteiger partial charge in [-0.2, -0.15) is 0 Å². The van der Waals surface area contributed by atoms with Crippen LogP contribution in [0.3, 0.4) is 0 Å². The minimum Gasteiger partial charge on any atom is -0.325 e. The molecule has 4 rings (SSSR count). The highest BCUT2D eigenvalue weighted by Crippen LogP contribution is 2.38. The fraction of sp³-hybridized carbons (Fsp3) is 0.348. The predicted octanol–water partition coefficient (Wildman–Crippen LogP) is 6.56. The summed E-state index contributed by atoms with van der Waals surface area (Å²) in [5.74, 6) is 1.46. The lowest BCUT2D eigenvalue weighted by atomic mass is 10.2. The van der Waals surface area contributed by atoms with Gasteiger partial charge in [0.15, 0.2) is 11.0 Å². The molecule has 0 bridgehead atoms. The van der Waals surface area contributed by atoms with Gasteiger partial charge in [-0.3, -0.25) is 9.36 Å². The highest BCUT2D eigenvalue weighted by molar-refractivity contribution is 7.99. The monoisotopic (exact) mass is 472 g/mol. The Hall–Kier alpha value is -1.96. The molecular formula is C23H25ClN4OS2. The molecule has 0 saturated heterocycles. The van der Waals surface area contributed by atoms with Crippen molar-refractivity contribution in [3.05, 3.63) is 53.6 Å². The van der Waals surface area contributed by atoms with Gasteiger partial charge in [0.25, 0.3) is 0 Å². The van der Waals surface area contributed by atoms with Crippen LogP contribution in [0.2, 0.25) is 5.02 Å². The van der Waals surface area contributed by atoms with E-state index in [1.165, 1.54) is 12.8 Å². The summed E-state index contributed by atoms with van der Waals surface area (Å²) in [7, 11) is 0. The molecule has 1 aromatic heterocycles. The molecule has 0 radical (unpaired) electrons. The third-order valence-electron chi connectivity index (χ3n) is 5.41. The molecule has 31 heavy (non-hydrogen) atoms. The van der Waals surface area contributed by atoms with Gasteiger partial charge in [-0.25, -0.2) is 0 Å². The van der Waals surface area contributed by atoms with E-state index in [-0.39, 0.29) is 5.91 Å². The van der Waals surface area contributed by atoms with Crippen LogP contribution in [0.15, 0.2) is 58.6 Å². The Morgan fingerprint density at radius 2 is 1.87 bits per heavy atom. The number of hydrogen-bond donors (Lipinski definition) is 1. The lowest BCUT2D eigenvalue weighted by Gasteiger charge is -2.17. The molecule has 1 saturated carbocycles. The smallest absolute Gasteiger partial charge is 0.225 e. The first-order valence-electron chi connectivity index (χ1n) is 10.4. The van der Waals surface area contributed by atoms with Crippen molar-refractivity contribution < 1.29 is 4.79 Å². The molecule has 0 atom stereocenters. The van der Waals surface area contributed by atoms with Crippen LogP contribution in [-0.2, 0) is 4.79 Å². The molecule has 1 aliphatic rings. The van der Waals surface area contributed by atoms with E-state index in [2.05, 4.69) is 20.1 Å². The normalized spacial score (nSPS) is 14.1. The number of amides is 1. The molecule has 1 amide bonds. The molecule has 0 unspecified atom stereocenters. The molecule has 5 nitrogen and oxygen atoms in total. The fourth-order valence-electron chi connectivity index (χ4n) is 3.89. The third-order valence-corrected chi connectivity index (χ3v) is 7.48. The molecule has 1 aliphatic carbocycles. The molecule has 0 aliphatic heterocycles. The highest BCUT2D eigenvalue weighted by Gasteiger charge is 2.25. The number of hydrogen-bond acceptors (Lipinski definition) is 5. The maximum Gasteiger partial charge on any atom is 0.225 e. The lowest BCUT2D eigenvalue weighted by Crippen LogP contribution is -2.13. The van der Waals surface area contributed by atoms with Gasteiger partial charge in [0.05, 0.1) is 10.7 Å². The van der Waals surface area contributed by atoms with E-state index < -0.39 is 0 Å². The van der Waals surface area contributed by atoms with Crippen LogP contribution in [0.1, 0.15) is 38.1 Å². The number of carbonyl (C=O) groups excluding carboxylic acids is 1. The van der Waals surface area contributed by atoms with E-state index >= 15 is 0 Å². The number of anilines is 1. The van der Waals surface area contributed by atoms with Gasteiger partial charge in [0.1, 0.15) is 0 Å². The number of halogens is 1. The summed E-state index contributed by atoms with van der Waals surface area (Å²) in [6, 6.07) is 16.0. The predicted molar refractivity (Wildman–Crippen MR) is 130 cm³/mol. The quantitative estimate of drug-likeness (QED) is 0.376. The number of benzene rings is 2. The van der Waals surface area contributed by atoms with Crippen molar-refractivity contribution in [1.82, 2.24) is 14.8 Å². The average molecular weight is 473 g/mol. The zero-order valence-electron chi connectivity index (χ0n) is 17.4. The van der Waals surface area contributed by atoms with Crippen molar-refractivity contribution in [3.63, 3.8) is 0 Å². The number of aromatic nitrogens is 3. The van der Waals surface area contributed by atoms with E-state index in [9.17, 15) is 4.79 Å². The Morgan fingerprint density at radius 3 is 2.65 bits per heavy atom. The molecule has 162 valence electrons. The SMILES string of the molecule is CSc1ccccc1NC(=O)CCSc1nnc(-c2ccccc2Cl)n1C1CCCC1. The van der Waals surface area contributed by atoms with Crippen molar-refractivity contribution in [2.75, 3.05) is 17.3 Å². The topological polar surface area (TPSA) is 59.8 Å². The Balaban J connectivity index is 1.46. The maximum absolute atomic E-state index is 12.5. The Kier molecular flexibility index (Phi) is 7.58. The molecule has 1 N–H and O–H groups in total. The van der Waals surface area contributed by atoms with Crippen molar-refractivity contribution in [2.45, 2.75) is 48.2 Å². The van der Waals surface area contributed by atoms with Gasteiger partial charge < -0.3 is 5.32 Å². The van der Waals surface area contributed by atoms with Crippen LogP contribution < -0.4 is 5.32 Å². The van der Waals surface area contributed by atoms with Crippen molar-refractivity contribution >= 4 is 46.7 Å². The van der Waals surface area contributed by atoms with Gasteiger partial charge >= 0.3 is 0 Å². The first-order valence-corrected chi connectivity index (χ1v) is 13.0. The third kappa shape index (κ3) is 5.27. The number of carbonyl (C=O) groups is 1. The Bertz CT molecular complexity index is 1050. The van der Waals surface area contributed by atoms with Gasteiger partial charge in [0, 0.05) is 28.7 Å². The maximum atomic E-state index is 12.5. The van der Waals surface area contributed by atoms with Crippen molar-refractivity contribution in [2.24, 2.45) is 0 Å². The molecule has 8 heteroatoms. The number of nitrogens with zero attached hydrogens (tertiary/aromatic N) is 3. The molecule has 0 spiro atoms. The van der Waals surface area contributed by atoms with Crippen LogP contribution in [0.4, 0.5) is 5.69 Å². The number of thioether (sulfide) groups is 2. The van der Waals surface area contributed by atoms with Gasteiger partial charge in [-0.1, -0.05) is 60.5 Å². The summed E-state index contributed by atoms with van der Waals surface area (Å²) < 4.78 is 2.24. The standard InChI is InChI=1S/C23H25ClN4OS2/c1-30-20-13-7-6-12-19(20)25-21(29)14-15-31-23-27-26-22(17-10-4-5-11-18(17)24)28(23)16-8-2-3-9-16/h4-7,10-13,16H,2-3,8-9,14-15H2,1H3,(H,25,29). The molecule has 3 aromatic rings. The molecule has 1 heterocycles. The van der Waals surface area contributed by atoms with Crippen LogP contribution in [0.25, 0.3) is 11.4 Å². The largest absolute Gasteiger partial charge is 0.325 e. The van der Waals surface area contributed by atoms with Crippen LogP contribution in [0, 0.1) is 0 Å². The van der Waals surface area contributed by atoms with E-state index in [0.717, 1.165) is 40.0 Å². The molecule has 1 fully saturated rings. The second-order valence-electron chi connectivity index (χ2n) is 7.44. The summed E-state index contributed by atoms with van der Waals surface area (Å²) in [5, 5.41) is 13.5. The second-order valence-corrected chi connectivity index (χ2v) is 9.76. The summed E-state index contributed by atoms with van der Waals surface area (Å²) in [5.41, 5.74) is 1.77. The van der Waals surface area contributed by atoms with Crippen LogP contribution in [-0.4, -0.2) is 32.7 Å². The number of nitrogens with one attached hydrogen (secondary N) is 1. The highest BCUT2D eigenvalue weighted by atomic mass is 35.5. The van der Waals surface area contributed by atoms with Crippen LogP contribution in [0.5, 0.6) is 0 Å². The fourth-order valence-corrected chi connectivity index (χ4v) is 5.61. The van der Waals surface area contributed by atoms with E-state index in [1.54, 1.807) is 23.5 Å². The van der Waals surface area contributed by atoms with Crippen LogP contribution >= 0.6 is 35.1 Å².